The van der Waals surface area contributed by atoms with Crippen LogP contribution >= 0.6 is 24.0 Å². The van der Waals surface area contributed by atoms with Crippen molar-refractivity contribution in [3.8, 4) is 0 Å². The molecule has 2 aliphatic heterocycles. The third-order valence-corrected chi connectivity index (χ3v) is 5.51. The molecule has 0 aromatic carbocycles. The average molecular weight is 520 g/mol. The molecule has 1 aromatic heterocycles. The summed E-state index contributed by atoms with van der Waals surface area (Å²) in [6, 6.07) is 0.438. The van der Waals surface area contributed by atoms with Gasteiger partial charge in [-0.1, -0.05) is 13.8 Å². The van der Waals surface area contributed by atoms with Gasteiger partial charge in [0.15, 0.2) is 5.96 Å². The molecule has 166 valence electrons. The monoisotopic (exact) mass is 520 g/mol. The number of hydrogen-bond acceptors (Lipinski definition) is 5. The first-order valence-electron chi connectivity index (χ1n) is 10.5. The number of morpholine rings is 2. The lowest BCUT2D eigenvalue weighted by molar-refractivity contribution is -0.00839. The van der Waals surface area contributed by atoms with Crippen LogP contribution in [0.2, 0.25) is 0 Å². The topological polar surface area (TPSA) is 67.2 Å². The Balaban J connectivity index is 0.00000300. The van der Waals surface area contributed by atoms with Gasteiger partial charge in [-0.3, -0.25) is 14.6 Å². The number of guanidine groups is 1. The molecule has 0 bridgehead atoms. The van der Waals surface area contributed by atoms with Gasteiger partial charge in [0, 0.05) is 51.0 Å². The largest absolute Gasteiger partial charge is 0.379 e. The standard InChI is InChI=1S/C20H36N6O2.HI/c1-5-21-20(22-13-18(16(2)3)25-6-9-27-10-7-25)26-8-11-28-19(15-26)17-12-23-24(4)14-17;/h12,14,16,18-19H,5-11,13,15H2,1-4H3,(H,21,22);1H. The van der Waals surface area contributed by atoms with Gasteiger partial charge in [0.2, 0.25) is 0 Å². The van der Waals surface area contributed by atoms with Crippen molar-refractivity contribution in [2.75, 3.05) is 59.1 Å². The number of hydrogen-bond donors (Lipinski definition) is 1. The van der Waals surface area contributed by atoms with E-state index in [1.54, 1.807) is 0 Å². The summed E-state index contributed by atoms with van der Waals surface area (Å²) in [4.78, 5) is 9.89. The highest BCUT2D eigenvalue weighted by molar-refractivity contribution is 14.0. The van der Waals surface area contributed by atoms with Gasteiger partial charge in [-0.25, -0.2) is 0 Å². The number of ether oxygens (including phenoxy) is 2. The van der Waals surface area contributed by atoms with Crippen molar-refractivity contribution in [1.82, 2.24) is 24.9 Å². The molecule has 29 heavy (non-hydrogen) atoms. The normalized spacial score (nSPS) is 22.4. The fourth-order valence-corrected chi connectivity index (χ4v) is 3.91. The van der Waals surface area contributed by atoms with E-state index in [-0.39, 0.29) is 30.1 Å². The van der Waals surface area contributed by atoms with Crippen molar-refractivity contribution in [1.29, 1.82) is 0 Å². The lowest BCUT2D eigenvalue weighted by Crippen LogP contribution is -2.50. The molecule has 9 heteroatoms. The number of nitrogens with zero attached hydrogens (tertiary/aromatic N) is 5. The minimum atomic E-state index is 0. The third-order valence-electron chi connectivity index (χ3n) is 5.51. The summed E-state index contributed by atoms with van der Waals surface area (Å²) in [7, 11) is 1.94. The van der Waals surface area contributed by atoms with Crippen LogP contribution in [0, 0.1) is 5.92 Å². The summed E-state index contributed by atoms with van der Waals surface area (Å²) in [5.41, 5.74) is 1.12. The quantitative estimate of drug-likeness (QED) is 0.350. The van der Waals surface area contributed by atoms with Crippen molar-refractivity contribution in [3.63, 3.8) is 0 Å². The van der Waals surface area contributed by atoms with E-state index in [4.69, 9.17) is 14.5 Å². The molecule has 0 spiro atoms. The van der Waals surface area contributed by atoms with E-state index >= 15 is 0 Å². The van der Waals surface area contributed by atoms with Gasteiger partial charge < -0.3 is 19.7 Å². The highest BCUT2D eigenvalue weighted by Crippen LogP contribution is 2.22. The van der Waals surface area contributed by atoms with Crippen LogP contribution in [-0.4, -0.2) is 90.7 Å². The summed E-state index contributed by atoms with van der Waals surface area (Å²) in [6.07, 6.45) is 3.96. The molecule has 0 aliphatic carbocycles. The molecule has 0 radical (unpaired) electrons. The van der Waals surface area contributed by atoms with Crippen LogP contribution in [0.5, 0.6) is 0 Å². The first-order chi connectivity index (χ1) is 13.6. The molecule has 1 N–H and O–H groups in total. The average Bonchev–Trinajstić information content (AvgIpc) is 3.14. The first-order valence-corrected chi connectivity index (χ1v) is 10.5. The third kappa shape index (κ3) is 6.80. The number of halogens is 1. The van der Waals surface area contributed by atoms with Crippen LogP contribution in [0.1, 0.15) is 32.4 Å². The number of aryl methyl sites for hydroxylation is 1. The molecule has 3 heterocycles. The zero-order valence-corrected chi connectivity index (χ0v) is 20.5. The zero-order chi connectivity index (χ0) is 19.9. The molecule has 2 unspecified atom stereocenters. The highest BCUT2D eigenvalue weighted by atomic mass is 127. The van der Waals surface area contributed by atoms with Crippen LogP contribution < -0.4 is 5.32 Å². The van der Waals surface area contributed by atoms with Gasteiger partial charge in [0.1, 0.15) is 6.10 Å². The first kappa shape index (κ1) is 24.4. The van der Waals surface area contributed by atoms with E-state index in [0.29, 0.717) is 18.6 Å². The number of nitrogens with one attached hydrogen (secondary N) is 1. The Morgan fingerprint density at radius 3 is 2.66 bits per heavy atom. The van der Waals surface area contributed by atoms with E-state index in [9.17, 15) is 0 Å². The molecule has 2 fully saturated rings. The fraction of sp³-hybridized carbons (Fsp3) is 0.800. The molecular formula is C20H37IN6O2. The highest BCUT2D eigenvalue weighted by Gasteiger charge is 2.27. The summed E-state index contributed by atoms with van der Waals surface area (Å²) in [5, 5.41) is 7.77. The maximum Gasteiger partial charge on any atom is 0.194 e. The summed E-state index contributed by atoms with van der Waals surface area (Å²) >= 11 is 0. The maximum atomic E-state index is 5.99. The molecule has 8 nitrogen and oxygen atoms in total. The van der Waals surface area contributed by atoms with Crippen LogP contribution in [0.4, 0.5) is 0 Å². The fourth-order valence-electron chi connectivity index (χ4n) is 3.91. The molecule has 0 saturated carbocycles. The van der Waals surface area contributed by atoms with E-state index < -0.39 is 0 Å². The Hall–Kier alpha value is -0.910. The van der Waals surface area contributed by atoms with Crippen LogP contribution in [0.25, 0.3) is 0 Å². The summed E-state index contributed by atoms with van der Waals surface area (Å²) in [5.74, 6) is 1.54. The summed E-state index contributed by atoms with van der Waals surface area (Å²) in [6.45, 7) is 14.3. The Morgan fingerprint density at radius 1 is 1.28 bits per heavy atom. The van der Waals surface area contributed by atoms with E-state index in [1.165, 1.54) is 0 Å². The number of aromatic nitrogens is 2. The lowest BCUT2D eigenvalue weighted by Gasteiger charge is -2.37. The summed E-state index contributed by atoms with van der Waals surface area (Å²) < 4.78 is 13.3. The van der Waals surface area contributed by atoms with Gasteiger partial charge in [-0.2, -0.15) is 5.10 Å². The number of aliphatic imine (C=N–C) groups is 1. The van der Waals surface area contributed by atoms with Gasteiger partial charge in [-0.15, -0.1) is 24.0 Å². The molecular weight excluding hydrogens is 483 g/mol. The maximum absolute atomic E-state index is 5.99. The Morgan fingerprint density at radius 2 is 2.03 bits per heavy atom. The predicted octanol–water partition coefficient (Wildman–Crippen LogP) is 1.73. The Kier molecular flexibility index (Phi) is 10.1. The molecule has 0 amide bonds. The van der Waals surface area contributed by atoms with Crippen LogP contribution in [0.3, 0.4) is 0 Å². The van der Waals surface area contributed by atoms with Crippen molar-refractivity contribution >= 4 is 29.9 Å². The lowest BCUT2D eigenvalue weighted by atomic mass is 10.0. The Labute approximate surface area is 192 Å². The smallest absolute Gasteiger partial charge is 0.194 e. The minimum absolute atomic E-state index is 0. The molecule has 2 atom stereocenters. The molecule has 2 saturated heterocycles. The van der Waals surface area contributed by atoms with E-state index in [1.807, 2.05) is 24.1 Å². The second-order valence-corrected chi connectivity index (χ2v) is 7.91. The van der Waals surface area contributed by atoms with Crippen molar-refractivity contribution in [2.24, 2.45) is 18.0 Å². The van der Waals surface area contributed by atoms with Crippen LogP contribution in [-0.2, 0) is 16.5 Å². The van der Waals surface area contributed by atoms with E-state index in [2.05, 4.69) is 41.0 Å². The molecule has 2 aliphatic rings. The van der Waals surface area contributed by atoms with Gasteiger partial charge in [0.05, 0.1) is 39.1 Å². The van der Waals surface area contributed by atoms with Gasteiger partial charge in [-0.05, 0) is 12.8 Å². The minimum Gasteiger partial charge on any atom is -0.379 e. The number of rotatable bonds is 6. The van der Waals surface area contributed by atoms with Crippen molar-refractivity contribution in [2.45, 2.75) is 32.9 Å². The second-order valence-electron chi connectivity index (χ2n) is 7.91. The van der Waals surface area contributed by atoms with Gasteiger partial charge in [0.25, 0.3) is 0 Å². The second kappa shape index (κ2) is 12.1. The Bertz CT molecular complexity index is 632. The zero-order valence-electron chi connectivity index (χ0n) is 18.2. The molecule has 3 rings (SSSR count). The van der Waals surface area contributed by atoms with E-state index in [0.717, 1.165) is 64.0 Å². The van der Waals surface area contributed by atoms with Crippen LogP contribution in [0.15, 0.2) is 17.4 Å². The van der Waals surface area contributed by atoms with Crippen molar-refractivity contribution < 1.29 is 9.47 Å². The van der Waals surface area contributed by atoms with Crippen molar-refractivity contribution in [3.05, 3.63) is 18.0 Å². The molecule has 1 aromatic rings. The van der Waals surface area contributed by atoms with Gasteiger partial charge >= 0.3 is 0 Å². The predicted molar refractivity (Wildman–Crippen MR) is 126 cm³/mol. The SMILES string of the molecule is CCNC(=NCC(C(C)C)N1CCOCC1)N1CCOC(c2cnn(C)c2)C1.I.